The van der Waals surface area contributed by atoms with Crippen molar-refractivity contribution in [2.24, 2.45) is 0 Å². The molecule has 0 amide bonds. The molecule has 132 valence electrons. The van der Waals surface area contributed by atoms with Gasteiger partial charge in [-0.25, -0.2) is 9.48 Å². The first kappa shape index (κ1) is 15.6. The third-order valence-corrected chi connectivity index (χ3v) is 6.06. The maximum atomic E-state index is 13.1. The summed E-state index contributed by atoms with van der Waals surface area (Å²) in [5.41, 5.74) is 2.67. The average molecular weight is 345 g/mol. The van der Waals surface area contributed by atoms with Crippen molar-refractivity contribution < 1.29 is 0 Å². The van der Waals surface area contributed by atoms with Gasteiger partial charge in [0, 0.05) is 6.42 Å². The second-order valence-corrected chi connectivity index (χ2v) is 7.55. The number of rotatable bonds is 3. The Balaban J connectivity index is 1.43. The zero-order chi connectivity index (χ0) is 17.5. The van der Waals surface area contributed by atoms with Crippen LogP contribution in [0.15, 0.2) is 65.5 Å². The van der Waals surface area contributed by atoms with Crippen molar-refractivity contribution in [3.05, 3.63) is 88.1 Å². The van der Waals surface area contributed by atoms with Crippen molar-refractivity contribution >= 4 is 0 Å². The van der Waals surface area contributed by atoms with Crippen molar-refractivity contribution in [1.82, 2.24) is 14.3 Å². The fourth-order valence-corrected chi connectivity index (χ4v) is 4.75. The van der Waals surface area contributed by atoms with Gasteiger partial charge in [0.2, 0.25) is 0 Å². The first-order valence-corrected chi connectivity index (χ1v) is 9.61. The number of aromatic nitrogens is 3. The van der Waals surface area contributed by atoms with E-state index in [2.05, 4.69) is 42.5 Å². The number of hydrogen-bond acceptors (Lipinski definition) is 2. The van der Waals surface area contributed by atoms with E-state index in [1.807, 2.05) is 22.8 Å². The molecule has 5 rings (SSSR count). The predicted molar refractivity (Wildman–Crippen MR) is 101 cm³/mol. The van der Waals surface area contributed by atoms with E-state index in [9.17, 15) is 4.79 Å². The maximum Gasteiger partial charge on any atom is 0.346 e. The molecule has 1 aromatic heterocycles. The molecular weight excluding hydrogens is 322 g/mol. The summed E-state index contributed by atoms with van der Waals surface area (Å²) in [5, 5.41) is 4.74. The Bertz CT molecular complexity index is 958. The maximum absolute atomic E-state index is 13.1. The molecule has 0 spiro atoms. The van der Waals surface area contributed by atoms with E-state index in [4.69, 9.17) is 5.10 Å². The Morgan fingerprint density at radius 2 is 1.54 bits per heavy atom. The smallest absolute Gasteiger partial charge is 0.271 e. The summed E-state index contributed by atoms with van der Waals surface area (Å²) in [4.78, 5) is 13.1. The molecular formula is C22H23N3O. The van der Waals surface area contributed by atoms with Gasteiger partial charge in [-0.3, -0.25) is 4.57 Å². The first-order valence-electron chi connectivity index (χ1n) is 9.61. The Morgan fingerprint density at radius 1 is 0.846 bits per heavy atom. The van der Waals surface area contributed by atoms with Crippen LogP contribution in [0.4, 0.5) is 0 Å². The highest BCUT2D eigenvalue weighted by molar-refractivity contribution is 5.23. The minimum Gasteiger partial charge on any atom is -0.271 e. The lowest BCUT2D eigenvalue weighted by molar-refractivity contribution is 0.430. The molecule has 3 aromatic rings. The lowest BCUT2D eigenvalue weighted by Crippen LogP contribution is -2.29. The van der Waals surface area contributed by atoms with Crippen LogP contribution in [0.2, 0.25) is 0 Å². The zero-order valence-electron chi connectivity index (χ0n) is 14.8. The summed E-state index contributed by atoms with van der Waals surface area (Å²) in [6.45, 7) is 0. The highest BCUT2D eigenvalue weighted by Gasteiger charge is 2.34. The van der Waals surface area contributed by atoms with Gasteiger partial charge in [-0.2, -0.15) is 5.10 Å². The molecule has 0 radical (unpaired) electrons. The van der Waals surface area contributed by atoms with Crippen molar-refractivity contribution in [1.29, 1.82) is 0 Å². The highest BCUT2D eigenvalue weighted by atomic mass is 16.2. The van der Waals surface area contributed by atoms with Crippen molar-refractivity contribution in [3.63, 3.8) is 0 Å². The minimum atomic E-state index is 0.0741. The molecule has 1 saturated carbocycles. The van der Waals surface area contributed by atoms with Crippen LogP contribution in [0.1, 0.15) is 60.6 Å². The van der Waals surface area contributed by atoms with Crippen LogP contribution in [-0.4, -0.2) is 14.3 Å². The van der Waals surface area contributed by atoms with Crippen molar-refractivity contribution in [2.75, 3.05) is 0 Å². The standard InChI is InChI=1S/C22H23N3O/c26-22-24-20(17-9-5-2-6-10-17)13-14-21(24)23-25(22)19-12-11-18(15-19)16-7-3-1-4-8-16/h1-10,18-20H,11-15H2/t18?,19?,20-/m0/s1. The Labute approximate surface area is 153 Å². The molecule has 26 heavy (non-hydrogen) atoms. The molecule has 1 aliphatic heterocycles. The third-order valence-electron chi connectivity index (χ3n) is 6.06. The fraction of sp³-hybridized carbons (Fsp3) is 0.364. The molecule has 0 bridgehead atoms. The molecule has 2 aromatic carbocycles. The SMILES string of the molecule is O=c1n(C2CCC(c3ccccc3)C2)nc2n1[C@H](c1ccccc1)CC2. The number of nitrogens with zero attached hydrogens (tertiary/aromatic N) is 3. The van der Waals surface area contributed by atoms with E-state index in [0.717, 1.165) is 37.9 Å². The molecule has 0 N–H and O–H groups in total. The summed E-state index contributed by atoms with van der Waals surface area (Å²) in [6, 6.07) is 21.4. The second-order valence-electron chi connectivity index (χ2n) is 7.55. The number of benzene rings is 2. The van der Waals surface area contributed by atoms with E-state index >= 15 is 0 Å². The fourth-order valence-electron chi connectivity index (χ4n) is 4.75. The summed E-state index contributed by atoms with van der Waals surface area (Å²) in [6.07, 6.45) is 5.03. The summed E-state index contributed by atoms with van der Waals surface area (Å²) >= 11 is 0. The third kappa shape index (κ3) is 2.52. The van der Waals surface area contributed by atoms with Gasteiger partial charge in [0.05, 0.1) is 12.1 Å². The van der Waals surface area contributed by atoms with Crippen LogP contribution >= 0.6 is 0 Å². The molecule has 0 saturated heterocycles. The normalized spacial score (nSPS) is 24.7. The van der Waals surface area contributed by atoms with Gasteiger partial charge in [-0.15, -0.1) is 0 Å². The van der Waals surface area contributed by atoms with Gasteiger partial charge >= 0.3 is 5.69 Å². The molecule has 4 heteroatoms. The molecule has 1 fully saturated rings. The lowest BCUT2D eigenvalue weighted by Gasteiger charge is -2.14. The van der Waals surface area contributed by atoms with Gasteiger partial charge in [0.1, 0.15) is 5.82 Å². The summed E-state index contributed by atoms with van der Waals surface area (Å²) in [7, 11) is 0. The Hall–Kier alpha value is -2.62. The van der Waals surface area contributed by atoms with Crippen LogP contribution in [0.5, 0.6) is 0 Å². The van der Waals surface area contributed by atoms with Crippen molar-refractivity contribution in [3.8, 4) is 0 Å². The molecule has 1 aliphatic carbocycles. The van der Waals surface area contributed by atoms with Crippen LogP contribution < -0.4 is 5.69 Å². The van der Waals surface area contributed by atoms with Gasteiger partial charge in [0.15, 0.2) is 0 Å². The molecule has 2 aliphatic rings. The van der Waals surface area contributed by atoms with E-state index < -0.39 is 0 Å². The predicted octanol–water partition coefficient (Wildman–Crippen LogP) is 4.09. The van der Waals surface area contributed by atoms with E-state index in [1.165, 1.54) is 11.1 Å². The molecule has 4 nitrogen and oxygen atoms in total. The van der Waals surface area contributed by atoms with Gasteiger partial charge in [-0.1, -0.05) is 60.7 Å². The van der Waals surface area contributed by atoms with E-state index in [0.29, 0.717) is 5.92 Å². The lowest BCUT2D eigenvalue weighted by atomic mass is 9.98. The van der Waals surface area contributed by atoms with Crippen molar-refractivity contribution in [2.45, 2.75) is 50.1 Å². The van der Waals surface area contributed by atoms with E-state index in [-0.39, 0.29) is 17.8 Å². The zero-order valence-corrected chi connectivity index (χ0v) is 14.8. The van der Waals surface area contributed by atoms with Crippen LogP contribution in [0, 0.1) is 0 Å². The van der Waals surface area contributed by atoms with Gasteiger partial charge in [-0.05, 0) is 42.7 Å². The molecule has 2 unspecified atom stereocenters. The highest BCUT2D eigenvalue weighted by Crippen LogP contribution is 2.40. The number of hydrogen-bond donors (Lipinski definition) is 0. The molecule has 3 atom stereocenters. The average Bonchev–Trinajstić information content (AvgIpc) is 3.40. The van der Waals surface area contributed by atoms with Gasteiger partial charge in [0.25, 0.3) is 0 Å². The number of fused-ring (bicyclic) bond motifs is 1. The first-order chi connectivity index (χ1) is 12.8. The largest absolute Gasteiger partial charge is 0.346 e. The minimum absolute atomic E-state index is 0.0741. The van der Waals surface area contributed by atoms with Crippen LogP contribution in [0.25, 0.3) is 0 Å². The summed E-state index contributed by atoms with van der Waals surface area (Å²) < 4.78 is 3.72. The Kier molecular flexibility index (Phi) is 3.77. The van der Waals surface area contributed by atoms with Crippen LogP contribution in [-0.2, 0) is 6.42 Å². The van der Waals surface area contributed by atoms with Crippen LogP contribution in [0.3, 0.4) is 0 Å². The monoisotopic (exact) mass is 345 g/mol. The summed E-state index contributed by atoms with van der Waals surface area (Å²) in [5.74, 6) is 1.49. The second kappa shape index (κ2) is 6.27. The van der Waals surface area contributed by atoms with E-state index in [1.54, 1.807) is 4.68 Å². The topological polar surface area (TPSA) is 39.8 Å². The van der Waals surface area contributed by atoms with Gasteiger partial charge < -0.3 is 0 Å². The molecule has 2 heterocycles. The Morgan fingerprint density at radius 3 is 2.27 bits per heavy atom. The quantitative estimate of drug-likeness (QED) is 0.717. The number of aryl methyl sites for hydroxylation is 1.